The van der Waals surface area contributed by atoms with Crippen LogP contribution in [0.5, 0.6) is 0 Å². The van der Waals surface area contributed by atoms with E-state index in [2.05, 4.69) is 4.99 Å². The first-order valence-corrected chi connectivity index (χ1v) is 8.32. The Morgan fingerprint density at radius 2 is 2.09 bits per heavy atom. The lowest BCUT2D eigenvalue weighted by molar-refractivity contribution is -0.120. The van der Waals surface area contributed by atoms with Crippen LogP contribution >= 0.6 is 34.8 Å². The Hall–Kier alpha value is -1.14. The van der Waals surface area contributed by atoms with Gasteiger partial charge in [-0.3, -0.25) is 14.6 Å². The summed E-state index contributed by atoms with van der Waals surface area (Å²) in [5, 5.41) is -0.750. The largest absolute Gasteiger partial charge is 0.376 e. The van der Waals surface area contributed by atoms with Crippen molar-refractivity contribution in [2.24, 2.45) is 4.99 Å². The monoisotopic (exact) mass is 374 g/mol. The van der Waals surface area contributed by atoms with Crippen molar-refractivity contribution in [2.75, 3.05) is 18.1 Å². The molecule has 5 nitrogen and oxygen atoms in total. The number of carbonyl (C=O) groups is 2. The lowest BCUT2D eigenvalue weighted by atomic mass is 10.2. The summed E-state index contributed by atoms with van der Waals surface area (Å²) in [5.41, 5.74) is 0.227. The molecule has 0 radical (unpaired) electrons. The van der Waals surface area contributed by atoms with Gasteiger partial charge in [-0.05, 0) is 25.0 Å². The smallest absolute Gasteiger partial charge is 0.281 e. The van der Waals surface area contributed by atoms with Crippen LogP contribution in [0.3, 0.4) is 0 Å². The first-order chi connectivity index (χ1) is 11.0. The van der Waals surface area contributed by atoms with E-state index in [-0.39, 0.29) is 27.5 Å². The molecule has 2 saturated heterocycles. The number of aliphatic imine (C=N–C) groups is 1. The number of anilines is 1. The Kier molecular flexibility index (Phi) is 4.92. The second kappa shape index (κ2) is 6.77. The summed E-state index contributed by atoms with van der Waals surface area (Å²) in [7, 11) is 0. The van der Waals surface area contributed by atoms with E-state index < -0.39 is 17.2 Å². The molecule has 23 heavy (non-hydrogen) atoms. The summed E-state index contributed by atoms with van der Waals surface area (Å²) in [6.07, 6.45) is 1.82. The number of hydrogen-bond acceptors (Lipinski definition) is 4. The fourth-order valence-corrected chi connectivity index (χ4v) is 3.22. The van der Waals surface area contributed by atoms with Crippen LogP contribution in [0.2, 0.25) is 10.0 Å². The molecule has 8 heteroatoms. The third kappa shape index (κ3) is 3.11. The van der Waals surface area contributed by atoms with Crippen molar-refractivity contribution in [3.63, 3.8) is 0 Å². The summed E-state index contributed by atoms with van der Waals surface area (Å²) in [5.74, 6) is -1.15. The Balaban J connectivity index is 1.88. The van der Waals surface area contributed by atoms with Crippen LogP contribution < -0.4 is 4.90 Å². The van der Waals surface area contributed by atoms with Gasteiger partial charge in [-0.15, -0.1) is 11.6 Å². The molecule has 122 valence electrons. The van der Waals surface area contributed by atoms with E-state index in [0.717, 1.165) is 17.7 Å². The third-order valence-corrected chi connectivity index (χ3v) is 4.96. The molecule has 2 fully saturated rings. The van der Waals surface area contributed by atoms with Gasteiger partial charge in [0.05, 0.1) is 28.4 Å². The highest BCUT2D eigenvalue weighted by atomic mass is 35.5. The van der Waals surface area contributed by atoms with Crippen molar-refractivity contribution in [2.45, 2.75) is 24.3 Å². The number of alkyl halides is 1. The van der Waals surface area contributed by atoms with Crippen molar-refractivity contribution in [1.29, 1.82) is 0 Å². The quantitative estimate of drug-likeness (QED) is 0.602. The van der Waals surface area contributed by atoms with Crippen LogP contribution in [-0.2, 0) is 14.3 Å². The van der Waals surface area contributed by atoms with Gasteiger partial charge in [-0.25, -0.2) is 4.90 Å². The maximum atomic E-state index is 12.5. The highest BCUT2D eigenvalue weighted by Gasteiger charge is 2.45. The van der Waals surface area contributed by atoms with Gasteiger partial charge < -0.3 is 4.74 Å². The number of hydrogen-bond donors (Lipinski definition) is 0. The zero-order valence-corrected chi connectivity index (χ0v) is 14.2. The Morgan fingerprint density at radius 3 is 2.78 bits per heavy atom. The molecule has 2 amide bonds. The molecule has 1 aromatic rings. The molecule has 0 N–H and O–H groups in total. The van der Waals surface area contributed by atoms with Crippen molar-refractivity contribution in [1.82, 2.24) is 0 Å². The fraction of sp³-hybridized carbons (Fsp3) is 0.400. The van der Waals surface area contributed by atoms with Gasteiger partial charge in [0.15, 0.2) is 5.38 Å². The van der Waals surface area contributed by atoms with Crippen LogP contribution in [-0.4, -0.2) is 42.2 Å². The van der Waals surface area contributed by atoms with Crippen molar-refractivity contribution in [3.05, 3.63) is 28.2 Å². The van der Waals surface area contributed by atoms with Gasteiger partial charge in [0.2, 0.25) is 0 Å². The number of imide groups is 1. The summed E-state index contributed by atoms with van der Waals surface area (Å²) in [6.45, 7) is 1.01. The molecule has 1 aromatic carbocycles. The van der Waals surface area contributed by atoms with Gasteiger partial charge in [-0.1, -0.05) is 29.3 Å². The van der Waals surface area contributed by atoms with E-state index in [1.54, 1.807) is 12.1 Å². The molecule has 2 aliphatic rings. The van der Waals surface area contributed by atoms with E-state index in [1.807, 2.05) is 0 Å². The molecule has 3 rings (SSSR count). The van der Waals surface area contributed by atoms with Gasteiger partial charge in [0.1, 0.15) is 5.71 Å². The van der Waals surface area contributed by atoms with Gasteiger partial charge in [0, 0.05) is 6.61 Å². The van der Waals surface area contributed by atoms with Crippen LogP contribution in [0, 0.1) is 0 Å². The lowest BCUT2D eigenvalue weighted by Gasteiger charge is -2.15. The SMILES string of the molecule is O=C1C(=NC[C@H]2CCCO2)C(Cl)C(=O)N1c1cccc(Cl)c1Cl. The number of halogens is 3. The molecule has 0 spiro atoms. The van der Waals surface area contributed by atoms with Gasteiger partial charge in [-0.2, -0.15) is 0 Å². The second-order valence-electron chi connectivity index (χ2n) is 5.28. The normalized spacial score (nSPS) is 26.6. The summed E-state index contributed by atoms with van der Waals surface area (Å²) < 4.78 is 5.46. The minimum atomic E-state index is -1.13. The predicted molar refractivity (Wildman–Crippen MR) is 89.9 cm³/mol. The van der Waals surface area contributed by atoms with E-state index in [1.165, 1.54) is 6.07 Å². The molecule has 0 aromatic heterocycles. The van der Waals surface area contributed by atoms with E-state index in [0.29, 0.717) is 13.2 Å². The van der Waals surface area contributed by atoms with Gasteiger partial charge in [0.25, 0.3) is 11.8 Å². The highest BCUT2D eigenvalue weighted by molar-refractivity contribution is 6.68. The van der Waals surface area contributed by atoms with E-state index in [4.69, 9.17) is 39.5 Å². The molecule has 2 heterocycles. The first-order valence-electron chi connectivity index (χ1n) is 7.13. The van der Waals surface area contributed by atoms with Crippen molar-refractivity contribution >= 4 is 58.0 Å². The molecule has 0 saturated carbocycles. The topological polar surface area (TPSA) is 59.0 Å². The maximum absolute atomic E-state index is 12.5. The van der Waals surface area contributed by atoms with E-state index >= 15 is 0 Å². The zero-order valence-electron chi connectivity index (χ0n) is 12.0. The number of amides is 2. The summed E-state index contributed by atoms with van der Waals surface area (Å²) in [6, 6.07) is 4.72. The standard InChI is InChI=1S/C15H13Cl3N2O3/c16-9-4-1-5-10(11(9)17)20-14(21)12(18)13(15(20)22)19-7-8-3-2-6-23-8/h1,4-5,8,12H,2-3,6-7H2/t8-,12?/m1/s1. The number of carbonyl (C=O) groups excluding carboxylic acids is 2. The highest BCUT2D eigenvalue weighted by Crippen LogP contribution is 2.35. The molecule has 0 bridgehead atoms. The third-order valence-electron chi connectivity index (χ3n) is 3.76. The Labute approximate surface area is 148 Å². The Morgan fingerprint density at radius 1 is 1.30 bits per heavy atom. The molecular weight excluding hydrogens is 363 g/mol. The maximum Gasteiger partial charge on any atom is 0.281 e. The van der Waals surface area contributed by atoms with Crippen LogP contribution in [0.4, 0.5) is 5.69 Å². The fourth-order valence-electron chi connectivity index (χ4n) is 2.58. The molecule has 0 aliphatic carbocycles. The average Bonchev–Trinajstić information content (AvgIpc) is 3.11. The second-order valence-corrected chi connectivity index (χ2v) is 6.50. The number of ether oxygens (including phenoxy) is 1. The number of benzene rings is 1. The minimum Gasteiger partial charge on any atom is -0.376 e. The molecule has 2 aliphatic heterocycles. The summed E-state index contributed by atoms with van der Waals surface area (Å²) >= 11 is 18.1. The zero-order chi connectivity index (χ0) is 16.6. The minimum absolute atomic E-state index is 0.0169. The van der Waals surface area contributed by atoms with Crippen LogP contribution in [0.15, 0.2) is 23.2 Å². The van der Waals surface area contributed by atoms with Crippen molar-refractivity contribution in [3.8, 4) is 0 Å². The van der Waals surface area contributed by atoms with Crippen LogP contribution in [0.25, 0.3) is 0 Å². The number of nitrogens with zero attached hydrogens (tertiary/aromatic N) is 2. The first kappa shape index (κ1) is 16.7. The molecular formula is C15H13Cl3N2O3. The molecule has 1 unspecified atom stereocenters. The van der Waals surface area contributed by atoms with Gasteiger partial charge >= 0.3 is 0 Å². The predicted octanol–water partition coefficient (Wildman–Crippen LogP) is 3.09. The van der Waals surface area contributed by atoms with Crippen molar-refractivity contribution < 1.29 is 14.3 Å². The van der Waals surface area contributed by atoms with Crippen LogP contribution in [0.1, 0.15) is 12.8 Å². The lowest BCUT2D eigenvalue weighted by Crippen LogP contribution is -2.31. The Bertz CT molecular complexity index is 687. The summed E-state index contributed by atoms with van der Waals surface area (Å²) in [4.78, 5) is 30.0. The average molecular weight is 376 g/mol. The molecule has 2 atom stereocenters. The van der Waals surface area contributed by atoms with E-state index in [9.17, 15) is 9.59 Å². The number of rotatable bonds is 3.